The minimum atomic E-state index is -0.803. The van der Waals surface area contributed by atoms with E-state index in [2.05, 4.69) is 154 Å². The van der Waals surface area contributed by atoms with Crippen LogP contribution in [0.4, 0.5) is 0 Å². The summed E-state index contributed by atoms with van der Waals surface area (Å²) in [5.74, 6) is -0.942. The minimum absolute atomic E-state index is 0.0992. The average molecular weight is 1010 g/mol. The summed E-state index contributed by atoms with van der Waals surface area (Å²) in [7, 11) is 0. The summed E-state index contributed by atoms with van der Waals surface area (Å²) in [6.07, 6.45) is 84.4. The minimum Gasteiger partial charge on any atom is -0.462 e. The lowest BCUT2D eigenvalue weighted by atomic mass is 10.1. The fraction of sp³-hybridized carbons (Fsp3) is 0.627. The number of carbonyl (C=O) groups is 3. The van der Waals surface area contributed by atoms with Crippen molar-refractivity contribution in [3.63, 3.8) is 0 Å². The quantitative estimate of drug-likeness (QED) is 0.0261. The number of rotatable bonds is 52. The Morgan fingerprint density at radius 3 is 0.836 bits per heavy atom. The summed E-state index contributed by atoms with van der Waals surface area (Å²) in [6, 6.07) is 0. The molecule has 0 bridgehead atoms. The first-order valence-corrected chi connectivity index (χ1v) is 29.7. The van der Waals surface area contributed by atoms with Crippen molar-refractivity contribution in [3.8, 4) is 0 Å². The van der Waals surface area contributed by atoms with Crippen molar-refractivity contribution in [3.05, 3.63) is 134 Å². The molecule has 0 saturated heterocycles. The fourth-order valence-corrected chi connectivity index (χ4v) is 7.73. The Morgan fingerprint density at radius 1 is 0.288 bits per heavy atom. The fourth-order valence-electron chi connectivity index (χ4n) is 7.73. The largest absolute Gasteiger partial charge is 0.462 e. The first-order valence-electron chi connectivity index (χ1n) is 29.7. The Labute approximate surface area is 449 Å². The standard InChI is InChI=1S/C67H108O6/c1-4-7-10-13-16-19-22-25-27-29-31-33-35-37-39-42-45-48-51-54-57-60-66(69)72-63-64(62-71-65(68)59-56-53-50-47-44-41-24-21-18-15-12-9-6-3)73-67(70)61-58-55-52-49-46-43-40-38-36-34-32-30-28-26-23-20-17-14-11-8-5-2/h7-8,10-12,15-17,19-21,24-28,31-34,37,39,64H,4-6,9,13-14,18,22-23,29-30,35-36,38,40-63H2,1-3H3/b10-7-,11-8-,15-12-,19-16-,20-17-,24-21-,27-25-,28-26-,33-31-,34-32-,39-37-. The van der Waals surface area contributed by atoms with Gasteiger partial charge in [-0.15, -0.1) is 0 Å². The second kappa shape index (κ2) is 60.1. The van der Waals surface area contributed by atoms with Gasteiger partial charge in [0.15, 0.2) is 6.10 Å². The predicted molar refractivity (Wildman–Crippen MR) is 316 cm³/mol. The monoisotopic (exact) mass is 1010 g/mol. The van der Waals surface area contributed by atoms with Gasteiger partial charge in [-0.1, -0.05) is 238 Å². The Kier molecular flexibility index (Phi) is 56.4. The molecule has 0 aliphatic heterocycles. The van der Waals surface area contributed by atoms with Crippen LogP contribution in [0.15, 0.2) is 134 Å². The lowest BCUT2D eigenvalue weighted by molar-refractivity contribution is -0.167. The molecule has 0 heterocycles. The van der Waals surface area contributed by atoms with E-state index in [-0.39, 0.29) is 31.1 Å². The van der Waals surface area contributed by atoms with Crippen LogP contribution in [-0.2, 0) is 28.6 Å². The third-order valence-corrected chi connectivity index (χ3v) is 12.1. The molecule has 6 heteroatoms. The van der Waals surface area contributed by atoms with Gasteiger partial charge in [-0.05, 0) is 128 Å². The lowest BCUT2D eigenvalue weighted by Crippen LogP contribution is -2.30. The molecule has 1 atom stereocenters. The number of allylic oxidation sites excluding steroid dienone is 22. The van der Waals surface area contributed by atoms with Gasteiger partial charge in [0, 0.05) is 19.3 Å². The third kappa shape index (κ3) is 58.3. The molecular formula is C67H108O6. The van der Waals surface area contributed by atoms with E-state index in [0.717, 1.165) is 173 Å². The highest BCUT2D eigenvalue weighted by Crippen LogP contribution is 2.14. The molecule has 1 unspecified atom stereocenters. The average Bonchev–Trinajstić information content (AvgIpc) is 3.39. The number of carbonyl (C=O) groups excluding carboxylic acids is 3. The van der Waals surface area contributed by atoms with Crippen molar-refractivity contribution < 1.29 is 28.6 Å². The van der Waals surface area contributed by atoms with Crippen LogP contribution in [0.2, 0.25) is 0 Å². The van der Waals surface area contributed by atoms with Crippen molar-refractivity contribution in [2.45, 2.75) is 258 Å². The Hall–Kier alpha value is -4.45. The first-order chi connectivity index (χ1) is 36.0. The van der Waals surface area contributed by atoms with Gasteiger partial charge >= 0.3 is 17.9 Å². The molecule has 0 radical (unpaired) electrons. The summed E-state index contributed by atoms with van der Waals surface area (Å²) >= 11 is 0. The molecular weight excluding hydrogens is 901 g/mol. The van der Waals surface area contributed by atoms with Crippen LogP contribution < -0.4 is 0 Å². The number of hydrogen-bond donors (Lipinski definition) is 0. The highest BCUT2D eigenvalue weighted by molar-refractivity contribution is 5.71. The van der Waals surface area contributed by atoms with Crippen LogP contribution in [-0.4, -0.2) is 37.2 Å². The maximum absolute atomic E-state index is 12.9. The van der Waals surface area contributed by atoms with E-state index in [1.807, 2.05) is 0 Å². The lowest BCUT2D eigenvalue weighted by Gasteiger charge is -2.18. The van der Waals surface area contributed by atoms with Crippen molar-refractivity contribution in [2.24, 2.45) is 0 Å². The van der Waals surface area contributed by atoms with E-state index in [1.54, 1.807) is 0 Å². The van der Waals surface area contributed by atoms with E-state index in [1.165, 1.54) is 38.5 Å². The third-order valence-electron chi connectivity index (χ3n) is 12.1. The van der Waals surface area contributed by atoms with Gasteiger partial charge in [-0.2, -0.15) is 0 Å². The zero-order chi connectivity index (χ0) is 52.9. The van der Waals surface area contributed by atoms with Gasteiger partial charge in [0.1, 0.15) is 13.2 Å². The van der Waals surface area contributed by atoms with Gasteiger partial charge in [0.2, 0.25) is 0 Å². The molecule has 0 spiro atoms. The molecule has 6 nitrogen and oxygen atoms in total. The van der Waals surface area contributed by atoms with Crippen LogP contribution in [0, 0.1) is 0 Å². The van der Waals surface area contributed by atoms with Crippen LogP contribution in [0.1, 0.15) is 252 Å². The number of ether oxygens (including phenoxy) is 3. The van der Waals surface area contributed by atoms with Crippen molar-refractivity contribution in [1.29, 1.82) is 0 Å². The summed E-state index contributed by atoms with van der Waals surface area (Å²) in [4.78, 5) is 38.2. The van der Waals surface area contributed by atoms with E-state index >= 15 is 0 Å². The number of esters is 3. The number of hydrogen-bond acceptors (Lipinski definition) is 6. The molecule has 0 amide bonds. The number of unbranched alkanes of at least 4 members (excludes halogenated alkanes) is 19. The molecule has 0 saturated carbocycles. The Morgan fingerprint density at radius 2 is 0.534 bits per heavy atom. The van der Waals surface area contributed by atoms with Gasteiger partial charge < -0.3 is 14.2 Å². The molecule has 0 aromatic carbocycles. The Bertz CT molecular complexity index is 1580. The molecule has 0 aliphatic rings. The van der Waals surface area contributed by atoms with Gasteiger partial charge in [-0.25, -0.2) is 0 Å². The normalized spacial score (nSPS) is 13.1. The van der Waals surface area contributed by atoms with E-state index in [4.69, 9.17) is 14.2 Å². The highest BCUT2D eigenvalue weighted by atomic mass is 16.6. The van der Waals surface area contributed by atoms with E-state index in [0.29, 0.717) is 19.3 Å². The van der Waals surface area contributed by atoms with Crippen LogP contribution in [0.3, 0.4) is 0 Å². The highest BCUT2D eigenvalue weighted by Gasteiger charge is 2.19. The van der Waals surface area contributed by atoms with E-state index in [9.17, 15) is 14.4 Å². The zero-order valence-corrected chi connectivity index (χ0v) is 47.1. The summed E-state index contributed by atoms with van der Waals surface area (Å²) in [5.41, 5.74) is 0. The molecule has 0 aromatic heterocycles. The van der Waals surface area contributed by atoms with Crippen molar-refractivity contribution in [2.75, 3.05) is 13.2 Å². The molecule has 0 N–H and O–H groups in total. The van der Waals surface area contributed by atoms with Crippen molar-refractivity contribution >= 4 is 17.9 Å². The van der Waals surface area contributed by atoms with Crippen LogP contribution >= 0.6 is 0 Å². The topological polar surface area (TPSA) is 78.9 Å². The van der Waals surface area contributed by atoms with Gasteiger partial charge in [0.25, 0.3) is 0 Å². The summed E-state index contributed by atoms with van der Waals surface area (Å²) in [6.45, 7) is 6.31. The maximum Gasteiger partial charge on any atom is 0.306 e. The zero-order valence-electron chi connectivity index (χ0n) is 47.1. The summed E-state index contributed by atoms with van der Waals surface area (Å²) in [5, 5.41) is 0. The SMILES string of the molecule is CC/C=C\C/C=C\C/C=C\C/C=C\C/C=C\CCCCCCCC(=O)OCC(COC(=O)CCCCCCC/C=C\C/C=C\CCC)OC(=O)CCCCCCCCCC/C=C\C/C=C\C/C=C\C/C=C\CC. The second-order valence-electron chi connectivity index (χ2n) is 19.1. The van der Waals surface area contributed by atoms with Crippen LogP contribution in [0.25, 0.3) is 0 Å². The van der Waals surface area contributed by atoms with E-state index < -0.39 is 6.10 Å². The molecule has 0 rings (SSSR count). The van der Waals surface area contributed by atoms with Crippen molar-refractivity contribution in [1.82, 2.24) is 0 Å². The van der Waals surface area contributed by atoms with Crippen LogP contribution in [0.5, 0.6) is 0 Å². The van der Waals surface area contributed by atoms with Gasteiger partial charge in [-0.3, -0.25) is 14.4 Å². The van der Waals surface area contributed by atoms with Gasteiger partial charge in [0.05, 0.1) is 0 Å². The smallest absolute Gasteiger partial charge is 0.306 e. The second-order valence-corrected chi connectivity index (χ2v) is 19.1. The Balaban J connectivity index is 4.45. The molecule has 0 aliphatic carbocycles. The summed E-state index contributed by atoms with van der Waals surface area (Å²) < 4.78 is 16.9. The molecule has 0 aromatic rings. The maximum atomic E-state index is 12.9. The first kappa shape index (κ1) is 68.6. The molecule has 0 fully saturated rings. The predicted octanol–water partition coefficient (Wildman–Crippen LogP) is 20.2. The molecule has 412 valence electrons. The molecule has 73 heavy (non-hydrogen) atoms.